The second kappa shape index (κ2) is 5.66. The van der Waals surface area contributed by atoms with E-state index in [-0.39, 0.29) is 12.5 Å². The standard InChI is InChI=1S/C16H15N3O2/c1-12-6-7-14(21-12)10-17-18-16(20)11-19-9-8-13-4-2-3-5-15(13)19/h2-10H,11H2,1H3,(H,18,20)/b17-10+. The first-order valence-corrected chi connectivity index (χ1v) is 6.64. The third-order valence-electron chi connectivity index (χ3n) is 3.14. The highest BCUT2D eigenvalue weighted by atomic mass is 16.3. The van der Waals surface area contributed by atoms with Gasteiger partial charge in [-0.2, -0.15) is 5.10 Å². The predicted molar refractivity (Wildman–Crippen MR) is 81.1 cm³/mol. The number of aryl methyl sites for hydroxylation is 1. The second-order valence-corrected chi connectivity index (χ2v) is 4.74. The van der Waals surface area contributed by atoms with E-state index in [1.807, 2.05) is 54.1 Å². The van der Waals surface area contributed by atoms with Crippen molar-refractivity contribution in [3.63, 3.8) is 0 Å². The van der Waals surface area contributed by atoms with Gasteiger partial charge in [0.25, 0.3) is 5.91 Å². The average molecular weight is 281 g/mol. The summed E-state index contributed by atoms with van der Waals surface area (Å²) < 4.78 is 7.21. The maximum Gasteiger partial charge on any atom is 0.259 e. The summed E-state index contributed by atoms with van der Waals surface area (Å²) in [7, 11) is 0. The molecule has 0 atom stereocenters. The minimum atomic E-state index is -0.184. The lowest BCUT2D eigenvalue weighted by atomic mass is 10.2. The molecular formula is C16H15N3O2. The quantitative estimate of drug-likeness (QED) is 0.590. The van der Waals surface area contributed by atoms with Gasteiger partial charge < -0.3 is 8.98 Å². The summed E-state index contributed by atoms with van der Waals surface area (Å²) in [6, 6.07) is 13.5. The minimum absolute atomic E-state index is 0.184. The van der Waals surface area contributed by atoms with E-state index in [4.69, 9.17) is 4.42 Å². The first kappa shape index (κ1) is 13.2. The number of nitrogens with zero attached hydrogens (tertiary/aromatic N) is 2. The van der Waals surface area contributed by atoms with Crippen LogP contribution in [-0.4, -0.2) is 16.7 Å². The zero-order valence-electron chi connectivity index (χ0n) is 11.6. The fraction of sp³-hybridized carbons (Fsp3) is 0.125. The van der Waals surface area contributed by atoms with Crippen molar-refractivity contribution in [2.24, 2.45) is 5.10 Å². The van der Waals surface area contributed by atoms with Crippen LogP contribution in [0.25, 0.3) is 10.9 Å². The molecule has 2 aromatic heterocycles. The Kier molecular flexibility index (Phi) is 3.55. The molecule has 0 saturated carbocycles. The Hall–Kier alpha value is -2.82. The summed E-state index contributed by atoms with van der Waals surface area (Å²) in [5, 5.41) is 4.99. The molecule has 3 rings (SSSR count). The van der Waals surface area contributed by atoms with Crippen LogP contribution in [0, 0.1) is 6.92 Å². The number of rotatable bonds is 4. The maximum atomic E-state index is 11.9. The molecule has 106 valence electrons. The van der Waals surface area contributed by atoms with Crippen LogP contribution >= 0.6 is 0 Å². The number of fused-ring (bicyclic) bond motifs is 1. The molecule has 2 heterocycles. The summed E-state index contributed by atoms with van der Waals surface area (Å²) >= 11 is 0. The number of para-hydroxylation sites is 1. The lowest BCUT2D eigenvalue weighted by Gasteiger charge is -2.03. The third kappa shape index (κ3) is 3.02. The van der Waals surface area contributed by atoms with Crippen molar-refractivity contribution in [1.82, 2.24) is 9.99 Å². The van der Waals surface area contributed by atoms with Crippen LogP contribution in [0.5, 0.6) is 0 Å². The van der Waals surface area contributed by atoms with E-state index in [0.717, 1.165) is 16.7 Å². The van der Waals surface area contributed by atoms with Crippen molar-refractivity contribution < 1.29 is 9.21 Å². The molecule has 0 aliphatic heterocycles. The molecular weight excluding hydrogens is 266 g/mol. The van der Waals surface area contributed by atoms with E-state index in [0.29, 0.717) is 5.76 Å². The van der Waals surface area contributed by atoms with E-state index in [9.17, 15) is 4.79 Å². The van der Waals surface area contributed by atoms with Crippen molar-refractivity contribution in [2.75, 3.05) is 0 Å². The Balaban J connectivity index is 1.63. The molecule has 1 N–H and O–H groups in total. The Morgan fingerprint density at radius 3 is 2.95 bits per heavy atom. The average Bonchev–Trinajstić information content (AvgIpc) is 3.06. The topological polar surface area (TPSA) is 59.5 Å². The molecule has 3 aromatic rings. The lowest BCUT2D eigenvalue weighted by Crippen LogP contribution is -2.22. The summed E-state index contributed by atoms with van der Waals surface area (Å²) in [6.07, 6.45) is 3.38. The molecule has 0 unspecified atom stereocenters. The van der Waals surface area contributed by atoms with Crippen molar-refractivity contribution in [3.05, 3.63) is 60.2 Å². The van der Waals surface area contributed by atoms with E-state index >= 15 is 0 Å². The van der Waals surface area contributed by atoms with E-state index < -0.39 is 0 Å². The number of carbonyl (C=O) groups excluding carboxylic acids is 1. The lowest BCUT2D eigenvalue weighted by molar-refractivity contribution is -0.121. The molecule has 1 amide bonds. The largest absolute Gasteiger partial charge is 0.460 e. The number of aromatic nitrogens is 1. The van der Waals surface area contributed by atoms with Gasteiger partial charge in [-0.05, 0) is 36.6 Å². The van der Waals surface area contributed by atoms with Crippen LogP contribution in [0.3, 0.4) is 0 Å². The van der Waals surface area contributed by atoms with Crippen molar-refractivity contribution in [1.29, 1.82) is 0 Å². The number of benzene rings is 1. The van der Waals surface area contributed by atoms with Gasteiger partial charge in [0.05, 0.1) is 6.21 Å². The van der Waals surface area contributed by atoms with Crippen LogP contribution in [-0.2, 0) is 11.3 Å². The molecule has 21 heavy (non-hydrogen) atoms. The van der Waals surface area contributed by atoms with Crippen LogP contribution in [0.2, 0.25) is 0 Å². The van der Waals surface area contributed by atoms with Gasteiger partial charge in [-0.1, -0.05) is 18.2 Å². The summed E-state index contributed by atoms with van der Waals surface area (Å²) in [4.78, 5) is 11.9. The van der Waals surface area contributed by atoms with Crippen molar-refractivity contribution in [2.45, 2.75) is 13.5 Å². The van der Waals surface area contributed by atoms with Gasteiger partial charge in [0.1, 0.15) is 18.1 Å². The van der Waals surface area contributed by atoms with Gasteiger partial charge in [0, 0.05) is 11.7 Å². The molecule has 0 fully saturated rings. The molecule has 0 aliphatic carbocycles. The number of amides is 1. The SMILES string of the molecule is Cc1ccc(/C=N/NC(=O)Cn2ccc3ccccc32)o1. The predicted octanol–water partition coefficient (Wildman–Crippen LogP) is 2.69. The van der Waals surface area contributed by atoms with E-state index in [2.05, 4.69) is 10.5 Å². The zero-order chi connectivity index (χ0) is 14.7. The molecule has 0 saturated heterocycles. The molecule has 0 bridgehead atoms. The van der Waals surface area contributed by atoms with Gasteiger partial charge in [-0.25, -0.2) is 5.43 Å². The number of hydrogen-bond acceptors (Lipinski definition) is 3. The van der Waals surface area contributed by atoms with Crippen LogP contribution in [0.4, 0.5) is 0 Å². The summed E-state index contributed by atoms with van der Waals surface area (Å²) in [6.45, 7) is 2.08. The second-order valence-electron chi connectivity index (χ2n) is 4.74. The smallest absolute Gasteiger partial charge is 0.259 e. The Labute approximate surface area is 121 Å². The Morgan fingerprint density at radius 2 is 2.14 bits per heavy atom. The minimum Gasteiger partial charge on any atom is -0.460 e. The van der Waals surface area contributed by atoms with Gasteiger partial charge in [-0.15, -0.1) is 0 Å². The van der Waals surface area contributed by atoms with Crippen molar-refractivity contribution in [3.8, 4) is 0 Å². The first-order valence-electron chi connectivity index (χ1n) is 6.64. The number of hydrogen-bond donors (Lipinski definition) is 1. The number of furan rings is 1. The molecule has 0 aliphatic rings. The van der Waals surface area contributed by atoms with Gasteiger partial charge in [0.2, 0.25) is 0 Å². The van der Waals surface area contributed by atoms with Crippen LogP contribution < -0.4 is 5.43 Å². The summed E-state index contributed by atoms with van der Waals surface area (Å²) in [5.74, 6) is 1.23. The highest BCUT2D eigenvalue weighted by Gasteiger charge is 2.04. The number of hydrazone groups is 1. The highest BCUT2D eigenvalue weighted by molar-refractivity contribution is 5.84. The molecule has 5 heteroatoms. The molecule has 0 radical (unpaired) electrons. The van der Waals surface area contributed by atoms with Crippen LogP contribution in [0.15, 0.2) is 58.2 Å². The zero-order valence-corrected chi connectivity index (χ0v) is 11.6. The van der Waals surface area contributed by atoms with Gasteiger partial charge in [-0.3, -0.25) is 4.79 Å². The first-order chi connectivity index (χ1) is 10.2. The van der Waals surface area contributed by atoms with E-state index in [1.165, 1.54) is 6.21 Å². The van der Waals surface area contributed by atoms with Crippen LogP contribution in [0.1, 0.15) is 11.5 Å². The number of carbonyl (C=O) groups is 1. The Morgan fingerprint density at radius 1 is 1.29 bits per heavy atom. The van der Waals surface area contributed by atoms with Gasteiger partial charge in [0.15, 0.2) is 0 Å². The third-order valence-corrected chi connectivity index (χ3v) is 3.14. The summed E-state index contributed by atoms with van der Waals surface area (Å²) in [5.41, 5.74) is 3.52. The Bertz CT molecular complexity index is 799. The normalized spacial score (nSPS) is 11.3. The fourth-order valence-electron chi connectivity index (χ4n) is 2.16. The molecule has 0 spiro atoms. The van der Waals surface area contributed by atoms with E-state index in [1.54, 1.807) is 6.07 Å². The maximum absolute atomic E-state index is 11.9. The fourth-order valence-corrected chi connectivity index (χ4v) is 2.16. The molecule has 5 nitrogen and oxygen atoms in total. The van der Waals surface area contributed by atoms with Gasteiger partial charge >= 0.3 is 0 Å². The number of nitrogens with one attached hydrogen (secondary N) is 1. The monoisotopic (exact) mass is 281 g/mol. The highest BCUT2D eigenvalue weighted by Crippen LogP contribution is 2.14. The molecule has 1 aromatic carbocycles. The van der Waals surface area contributed by atoms with Crippen molar-refractivity contribution >= 4 is 23.0 Å².